The Labute approximate surface area is 312 Å². The van der Waals surface area contributed by atoms with Crippen molar-refractivity contribution in [2.45, 2.75) is 20.4 Å². The standard InChI is InChI=1S/C37H37FN10O4.C2H6/c38-28-10-6-25(7-11-28)23-41-34(50)27-8-12-29(13-9-27)44-36-46-35(47-37(48-36)45-30-14-15-31-32(22-30)43-24-42-31)40-17-19-52-21-20-51-18-16-39-33(49)26-4-2-1-3-5-26;1-2/h1-15,22,24H,16-21,23H2,(H,39,49)(H,41,50)(H,42,43)(H3,40,44,45,46,47,48);1-2H3. The average Bonchev–Trinajstić information content (AvgIpc) is 3.68. The number of anilines is 5. The third-order valence-electron chi connectivity index (χ3n) is 7.55. The summed E-state index contributed by atoms with van der Waals surface area (Å²) in [5.41, 5.74) is 4.95. The van der Waals surface area contributed by atoms with E-state index in [0.29, 0.717) is 68.2 Å². The predicted octanol–water partition coefficient (Wildman–Crippen LogP) is 6.21. The van der Waals surface area contributed by atoms with Gasteiger partial charge in [-0.3, -0.25) is 9.59 Å². The minimum absolute atomic E-state index is 0.140. The molecule has 15 heteroatoms. The number of nitrogens with one attached hydrogen (secondary N) is 6. The first-order valence-electron chi connectivity index (χ1n) is 17.6. The fourth-order valence-corrected chi connectivity index (χ4v) is 4.92. The average molecular weight is 735 g/mol. The van der Waals surface area contributed by atoms with Gasteiger partial charge in [-0.25, -0.2) is 9.37 Å². The van der Waals surface area contributed by atoms with E-state index in [1.54, 1.807) is 54.9 Å². The molecule has 2 heterocycles. The number of halogens is 1. The first-order chi connectivity index (χ1) is 26.5. The number of ether oxygens (including phenoxy) is 2. The van der Waals surface area contributed by atoms with Crippen LogP contribution in [0, 0.1) is 5.82 Å². The number of hydrogen-bond donors (Lipinski definition) is 6. The van der Waals surface area contributed by atoms with Crippen molar-refractivity contribution < 1.29 is 23.5 Å². The Balaban J connectivity index is 0.00000276. The van der Waals surface area contributed by atoms with Crippen LogP contribution in [0.5, 0.6) is 0 Å². The van der Waals surface area contributed by atoms with Gasteiger partial charge >= 0.3 is 0 Å². The van der Waals surface area contributed by atoms with E-state index in [0.717, 1.165) is 22.3 Å². The highest BCUT2D eigenvalue weighted by Gasteiger charge is 2.11. The molecule has 6 N–H and O–H groups in total. The van der Waals surface area contributed by atoms with E-state index >= 15 is 0 Å². The van der Waals surface area contributed by atoms with Crippen molar-refractivity contribution in [3.05, 3.63) is 126 Å². The van der Waals surface area contributed by atoms with Crippen molar-refractivity contribution in [2.75, 3.05) is 55.5 Å². The molecular formula is C39H43FN10O4. The van der Waals surface area contributed by atoms with Crippen molar-refractivity contribution >= 4 is 52.1 Å². The predicted molar refractivity (Wildman–Crippen MR) is 207 cm³/mol. The molecule has 0 bridgehead atoms. The molecule has 0 saturated carbocycles. The van der Waals surface area contributed by atoms with E-state index in [9.17, 15) is 14.0 Å². The Kier molecular flexibility index (Phi) is 14.8. The lowest BCUT2D eigenvalue weighted by molar-refractivity contribution is 0.0519. The van der Waals surface area contributed by atoms with Crippen molar-refractivity contribution in [3.63, 3.8) is 0 Å². The molecule has 0 radical (unpaired) electrons. The van der Waals surface area contributed by atoms with Crippen LogP contribution in [0.4, 0.5) is 33.6 Å². The molecule has 0 saturated heterocycles. The molecule has 0 atom stereocenters. The molecule has 0 aliphatic carbocycles. The Bertz CT molecular complexity index is 2060. The fourth-order valence-electron chi connectivity index (χ4n) is 4.92. The summed E-state index contributed by atoms with van der Waals surface area (Å²) in [6, 6.07) is 27.5. The number of rotatable bonds is 18. The number of H-pyrrole nitrogens is 1. The van der Waals surface area contributed by atoms with Gasteiger partial charge < -0.3 is 41.0 Å². The molecule has 6 rings (SSSR count). The van der Waals surface area contributed by atoms with Crippen LogP contribution < -0.4 is 26.6 Å². The van der Waals surface area contributed by atoms with Crippen LogP contribution in [-0.2, 0) is 16.0 Å². The van der Waals surface area contributed by atoms with Crippen molar-refractivity contribution in [3.8, 4) is 0 Å². The summed E-state index contributed by atoms with van der Waals surface area (Å²) < 4.78 is 24.4. The SMILES string of the molecule is CC.O=C(NCCOCCOCCNc1nc(Nc2ccc(C(=O)NCc3ccc(F)cc3)cc2)nc(Nc2ccc3nc[nH]c3c2)n1)c1ccccc1. The normalized spacial score (nSPS) is 10.6. The maximum Gasteiger partial charge on any atom is 0.251 e. The molecular weight excluding hydrogens is 691 g/mol. The highest BCUT2D eigenvalue weighted by Crippen LogP contribution is 2.21. The summed E-state index contributed by atoms with van der Waals surface area (Å²) in [5, 5.41) is 15.2. The molecule has 0 fully saturated rings. The Morgan fingerprint density at radius 3 is 2.00 bits per heavy atom. The third-order valence-corrected chi connectivity index (χ3v) is 7.55. The first-order valence-corrected chi connectivity index (χ1v) is 17.6. The third kappa shape index (κ3) is 12.1. The zero-order valence-electron chi connectivity index (χ0n) is 30.1. The number of amides is 2. The van der Waals surface area contributed by atoms with E-state index in [1.165, 1.54) is 12.1 Å². The number of aromatic amines is 1. The van der Waals surface area contributed by atoms with Gasteiger partial charge in [-0.2, -0.15) is 15.0 Å². The van der Waals surface area contributed by atoms with Crippen LogP contribution in [-0.4, -0.2) is 76.3 Å². The van der Waals surface area contributed by atoms with E-state index in [4.69, 9.17) is 9.47 Å². The quantitative estimate of drug-likeness (QED) is 0.0553. The van der Waals surface area contributed by atoms with Gasteiger partial charge in [-0.15, -0.1) is 0 Å². The smallest absolute Gasteiger partial charge is 0.251 e. The molecule has 14 nitrogen and oxygen atoms in total. The van der Waals surface area contributed by atoms with Gasteiger partial charge in [0.1, 0.15) is 5.82 Å². The number of benzene rings is 4. The lowest BCUT2D eigenvalue weighted by Crippen LogP contribution is -2.27. The number of hydrogen-bond acceptors (Lipinski definition) is 11. The molecule has 54 heavy (non-hydrogen) atoms. The topological polar surface area (TPSA) is 180 Å². The maximum absolute atomic E-state index is 13.2. The maximum atomic E-state index is 13.2. The van der Waals surface area contributed by atoms with Crippen LogP contribution in [0.15, 0.2) is 103 Å². The second-order valence-corrected chi connectivity index (χ2v) is 11.4. The Morgan fingerprint density at radius 2 is 1.28 bits per heavy atom. The number of fused-ring (bicyclic) bond motifs is 1. The van der Waals surface area contributed by atoms with Crippen molar-refractivity contribution in [1.29, 1.82) is 0 Å². The summed E-state index contributed by atoms with van der Waals surface area (Å²) in [7, 11) is 0. The number of imidazole rings is 1. The second-order valence-electron chi connectivity index (χ2n) is 11.4. The molecule has 280 valence electrons. The fraction of sp³-hybridized carbons (Fsp3) is 0.231. The van der Waals surface area contributed by atoms with Gasteiger partial charge in [0.2, 0.25) is 17.8 Å². The van der Waals surface area contributed by atoms with Crippen molar-refractivity contribution in [1.82, 2.24) is 35.6 Å². The number of nitrogens with zero attached hydrogens (tertiary/aromatic N) is 4. The molecule has 2 amide bonds. The molecule has 0 aliphatic rings. The van der Waals surface area contributed by atoms with Gasteiger partial charge in [0, 0.05) is 42.1 Å². The lowest BCUT2D eigenvalue weighted by atomic mass is 10.1. The van der Waals surface area contributed by atoms with E-state index in [2.05, 4.69) is 51.5 Å². The van der Waals surface area contributed by atoms with E-state index < -0.39 is 0 Å². The Morgan fingerprint density at radius 1 is 0.667 bits per heavy atom. The van der Waals surface area contributed by atoms with Gasteiger partial charge in [-0.1, -0.05) is 44.2 Å². The van der Waals surface area contributed by atoms with E-state index in [-0.39, 0.29) is 30.1 Å². The second kappa shape index (κ2) is 20.6. The summed E-state index contributed by atoms with van der Waals surface area (Å²) in [6.07, 6.45) is 1.63. The van der Waals surface area contributed by atoms with Crippen LogP contribution in [0.2, 0.25) is 0 Å². The first kappa shape index (κ1) is 38.8. The Hall–Kier alpha value is -6.45. The zero-order valence-corrected chi connectivity index (χ0v) is 30.1. The van der Waals surface area contributed by atoms with Crippen molar-refractivity contribution in [2.24, 2.45) is 0 Å². The molecule has 0 aliphatic heterocycles. The van der Waals surface area contributed by atoms with Crippen LogP contribution in [0.3, 0.4) is 0 Å². The van der Waals surface area contributed by atoms with E-state index in [1.807, 2.05) is 50.2 Å². The molecule has 0 spiro atoms. The lowest BCUT2D eigenvalue weighted by Gasteiger charge is -2.12. The minimum Gasteiger partial charge on any atom is -0.377 e. The largest absolute Gasteiger partial charge is 0.377 e. The van der Waals surface area contributed by atoms with Crippen LogP contribution in [0.25, 0.3) is 11.0 Å². The number of carbonyl (C=O) groups is 2. The van der Waals surface area contributed by atoms with Gasteiger partial charge in [-0.05, 0) is 72.3 Å². The van der Waals surface area contributed by atoms with Gasteiger partial charge in [0.05, 0.1) is 43.8 Å². The molecule has 0 unspecified atom stereocenters. The van der Waals surface area contributed by atoms with Crippen LogP contribution >= 0.6 is 0 Å². The van der Waals surface area contributed by atoms with Crippen LogP contribution in [0.1, 0.15) is 40.1 Å². The molecule has 6 aromatic rings. The molecule has 2 aromatic heterocycles. The summed E-state index contributed by atoms with van der Waals surface area (Å²) in [6.45, 7) is 6.58. The summed E-state index contributed by atoms with van der Waals surface area (Å²) in [5.74, 6) is 0.148. The highest BCUT2D eigenvalue weighted by atomic mass is 19.1. The van der Waals surface area contributed by atoms with Gasteiger partial charge in [0.15, 0.2) is 0 Å². The van der Waals surface area contributed by atoms with Gasteiger partial charge in [0.25, 0.3) is 11.8 Å². The molecule has 4 aromatic carbocycles. The number of aromatic nitrogens is 5. The summed E-state index contributed by atoms with van der Waals surface area (Å²) in [4.78, 5) is 45.7. The summed E-state index contributed by atoms with van der Waals surface area (Å²) >= 11 is 0. The zero-order chi connectivity index (χ0) is 38.0. The highest BCUT2D eigenvalue weighted by molar-refractivity contribution is 5.95. The number of carbonyl (C=O) groups excluding carboxylic acids is 2. The minimum atomic E-state index is -0.329. The monoisotopic (exact) mass is 734 g/mol.